The van der Waals surface area contributed by atoms with Gasteiger partial charge in [0.15, 0.2) is 0 Å². The van der Waals surface area contributed by atoms with Crippen molar-refractivity contribution in [3.8, 4) is 0 Å². The Labute approximate surface area is 163 Å². The van der Waals surface area contributed by atoms with Crippen LogP contribution in [0.3, 0.4) is 0 Å². The first-order valence-electron chi connectivity index (χ1n) is 9.46. The van der Waals surface area contributed by atoms with E-state index in [-0.39, 0.29) is 18.1 Å². The maximum absolute atomic E-state index is 14.5. The number of hydrogen-bond donors (Lipinski definition) is 1. The van der Waals surface area contributed by atoms with E-state index in [1.165, 1.54) is 12.1 Å². The summed E-state index contributed by atoms with van der Waals surface area (Å²) in [4.78, 5) is 28.0. The summed E-state index contributed by atoms with van der Waals surface area (Å²) in [6.07, 6.45) is 3.66. The molecule has 4 rings (SSSR count). The van der Waals surface area contributed by atoms with Crippen LogP contribution in [-0.4, -0.2) is 29.9 Å². The third kappa shape index (κ3) is 3.63. The van der Waals surface area contributed by atoms with E-state index in [1.54, 1.807) is 12.1 Å². The Morgan fingerprint density at radius 3 is 2.46 bits per heavy atom. The Hall–Kier alpha value is -3.15. The molecule has 6 heteroatoms. The number of halogens is 1. The van der Waals surface area contributed by atoms with Crippen molar-refractivity contribution in [2.45, 2.75) is 26.3 Å². The number of anilines is 1. The van der Waals surface area contributed by atoms with Crippen molar-refractivity contribution < 1.29 is 14.0 Å². The lowest BCUT2D eigenvalue weighted by Crippen LogP contribution is -2.30. The van der Waals surface area contributed by atoms with Gasteiger partial charge in [-0.15, -0.1) is 0 Å². The van der Waals surface area contributed by atoms with Crippen molar-refractivity contribution in [1.82, 2.24) is 10.2 Å². The minimum Gasteiger partial charge on any atom is -0.369 e. The van der Waals surface area contributed by atoms with Gasteiger partial charge in [-0.25, -0.2) is 9.18 Å². The molecule has 0 atom stereocenters. The van der Waals surface area contributed by atoms with Crippen LogP contribution in [0, 0.1) is 12.7 Å². The van der Waals surface area contributed by atoms with Gasteiger partial charge in [0.2, 0.25) is 0 Å². The lowest BCUT2D eigenvalue weighted by molar-refractivity contribution is -0.123. The Balaban J connectivity index is 1.52. The van der Waals surface area contributed by atoms with Gasteiger partial charge in [-0.1, -0.05) is 35.9 Å². The largest absolute Gasteiger partial charge is 0.369 e. The average molecular weight is 379 g/mol. The Kier molecular flexibility index (Phi) is 4.86. The molecule has 28 heavy (non-hydrogen) atoms. The van der Waals surface area contributed by atoms with E-state index in [9.17, 15) is 14.0 Å². The molecule has 0 aromatic heterocycles. The highest BCUT2D eigenvalue weighted by molar-refractivity contribution is 6.13. The zero-order valence-electron chi connectivity index (χ0n) is 15.7. The molecule has 2 aromatic rings. The van der Waals surface area contributed by atoms with E-state index in [4.69, 9.17) is 0 Å². The van der Waals surface area contributed by atoms with Gasteiger partial charge in [0.25, 0.3) is 5.91 Å². The predicted molar refractivity (Wildman–Crippen MR) is 106 cm³/mol. The van der Waals surface area contributed by atoms with E-state index in [2.05, 4.69) is 5.32 Å². The number of carbonyl (C=O) groups is 2. The zero-order chi connectivity index (χ0) is 19.7. The molecule has 0 radical (unpaired) electrons. The van der Waals surface area contributed by atoms with Crippen molar-refractivity contribution >= 4 is 23.7 Å². The fraction of sp³-hybridized carbons (Fsp3) is 0.273. The number of aryl methyl sites for hydroxylation is 1. The van der Waals surface area contributed by atoms with E-state index in [0.29, 0.717) is 11.3 Å². The van der Waals surface area contributed by atoms with Gasteiger partial charge in [-0.05, 0) is 49.1 Å². The smallest absolute Gasteiger partial charge is 0.329 e. The summed E-state index contributed by atoms with van der Waals surface area (Å²) >= 11 is 0. The molecule has 0 spiro atoms. The minimum absolute atomic E-state index is 0.158. The first-order chi connectivity index (χ1) is 13.5. The summed E-state index contributed by atoms with van der Waals surface area (Å²) in [5, 5.41) is 2.59. The highest BCUT2D eigenvalue weighted by atomic mass is 19.1. The van der Waals surface area contributed by atoms with Crippen LogP contribution < -0.4 is 10.2 Å². The second-order valence-electron chi connectivity index (χ2n) is 7.27. The van der Waals surface area contributed by atoms with Crippen LogP contribution in [0.4, 0.5) is 14.9 Å². The minimum atomic E-state index is -0.467. The number of nitrogens with zero attached hydrogens (tertiary/aromatic N) is 2. The monoisotopic (exact) mass is 379 g/mol. The summed E-state index contributed by atoms with van der Waals surface area (Å²) in [5.74, 6) is -0.723. The van der Waals surface area contributed by atoms with Gasteiger partial charge >= 0.3 is 6.03 Å². The number of rotatable bonds is 4. The van der Waals surface area contributed by atoms with Gasteiger partial charge < -0.3 is 10.2 Å². The molecule has 5 nitrogen and oxygen atoms in total. The summed E-state index contributed by atoms with van der Waals surface area (Å²) in [6.45, 7) is 3.90. The summed E-state index contributed by atoms with van der Waals surface area (Å²) in [6, 6.07) is 12.1. The number of carbonyl (C=O) groups excluding carboxylic acids is 2. The number of nitrogens with one attached hydrogen (secondary N) is 1. The Bertz CT molecular complexity index is 947. The van der Waals surface area contributed by atoms with Crippen LogP contribution >= 0.6 is 0 Å². The molecule has 2 heterocycles. The summed E-state index contributed by atoms with van der Waals surface area (Å²) in [5.41, 5.74) is 3.27. The molecule has 144 valence electrons. The van der Waals surface area contributed by atoms with E-state index in [1.807, 2.05) is 36.1 Å². The molecule has 0 bridgehead atoms. The normalized spacial score (nSPS) is 18.3. The first-order valence-corrected chi connectivity index (χ1v) is 9.46. The van der Waals surface area contributed by atoms with Crippen molar-refractivity contribution in [2.24, 2.45) is 0 Å². The number of benzene rings is 2. The molecule has 2 fully saturated rings. The van der Waals surface area contributed by atoms with Gasteiger partial charge in [0, 0.05) is 13.1 Å². The van der Waals surface area contributed by atoms with Crippen molar-refractivity contribution in [2.75, 3.05) is 18.0 Å². The molecule has 2 aliphatic rings. The lowest BCUT2D eigenvalue weighted by Gasteiger charge is -2.18. The topological polar surface area (TPSA) is 52.7 Å². The molecule has 0 unspecified atom stereocenters. The maximum atomic E-state index is 14.5. The van der Waals surface area contributed by atoms with Crippen LogP contribution in [0.15, 0.2) is 48.2 Å². The second kappa shape index (κ2) is 7.46. The fourth-order valence-electron chi connectivity index (χ4n) is 3.59. The molecular weight excluding hydrogens is 357 g/mol. The van der Waals surface area contributed by atoms with E-state index >= 15 is 0 Å². The third-order valence-electron chi connectivity index (χ3n) is 5.15. The van der Waals surface area contributed by atoms with Gasteiger partial charge in [0.1, 0.15) is 11.5 Å². The van der Waals surface area contributed by atoms with Gasteiger partial charge in [-0.3, -0.25) is 9.69 Å². The predicted octanol–water partition coefficient (Wildman–Crippen LogP) is 3.83. The second-order valence-corrected chi connectivity index (χ2v) is 7.27. The lowest BCUT2D eigenvalue weighted by atomic mass is 10.1. The van der Waals surface area contributed by atoms with E-state index in [0.717, 1.165) is 42.0 Å². The molecule has 0 aliphatic carbocycles. The van der Waals surface area contributed by atoms with Crippen molar-refractivity contribution in [3.05, 3.63) is 70.7 Å². The summed E-state index contributed by atoms with van der Waals surface area (Å²) in [7, 11) is 0. The average Bonchev–Trinajstić information content (AvgIpc) is 3.28. The number of hydrogen-bond acceptors (Lipinski definition) is 3. The highest BCUT2D eigenvalue weighted by Gasteiger charge is 2.33. The molecular formula is C22H22FN3O2. The molecule has 3 amide bonds. The fourth-order valence-corrected chi connectivity index (χ4v) is 3.59. The molecule has 0 saturated carbocycles. The van der Waals surface area contributed by atoms with Crippen LogP contribution in [0.5, 0.6) is 0 Å². The SMILES string of the molecule is Cc1ccc(CN2C(=O)NC(=Cc3ccc(N4CCCC4)c(F)c3)C2=O)cc1. The van der Waals surface area contributed by atoms with Gasteiger partial charge in [-0.2, -0.15) is 0 Å². The van der Waals surface area contributed by atoms with Gasteiger partial charge in [0.05, 0.1) is 12.2 Å². The van der Waals surface area contributed by atoms with Crippen LogP contribution in [0.2, 0.25) is 0 Å². The number of urea groups is 1. The van der Waals surface area contributed by atoms with Crippen molar-refractivity contribution in [1.29, 1.82) is 0 Å². The highest BCUT2D eigenvalue weighted by Crippen LogP contribution is 2.26. The third-order valence-corrected chi connectivity index (χ3v) is 5.15. The maximum Gasteiger partial charge on any atom is 0.329 e. The molecule has 2 aliphatic heterocycles. The van der Waals surface area contributed by atoms with Crippen LogP contribution in [0.25, 0.3) is 6.08 Å². The van der Waals surface area contributed by atoms with Crippen LogP contribution in [0.1, 0.15) is 29.5 Å². The number of amides is 3. The van der Waals surface area contributed by atoms with Crippen LogP contribution in [-0.2, 0) is 11.3 Å². The van der Waals surface area contributed by atoms with Crippen molar-refractivity contribution in [3.63, 3.8) is 0 Å². The Morgan fingerprint density at radius 1 is 1.07 bits per heavy atom. The molecule has 2 aromatic carbocycles. The zero-order valence-corrected chi connectivity index (χ0v) is 15.7. The number of imide groups is 1. The first kappa shape index (κ1) is 18.2. The quantitative estimate of drug-likeness (QED) is 0.649. The standard InChI is InChI=1S/C22H22FN3O2/c1-15-4-6-16(7-5-15)14-26-21(27)19(24-22(26)28)13-17-8-9-20(18(23)12-17)25-10-2-3-11-25/h4-9,12-13H,2-3,10-11,14H2,1H3,(H,24,28). The molecule has 1 N–H and O–H groups in total. The summed E-state index contributed by atoms with van der Waals surface area (Å²) < 4.78 is 14.5. The van der Waals surface area contributed by atoms with E-state index < -0.39 is 11.9 Å². The molecule has 2 saturated heterocycles. The Morgan fingerprint density at radius 2 is 1.79 bits per heavy atom.